The van der Waals surface area contributed by atoms with Gasteiger partial charge < -0.3 is 0 Å². The summed E-state index contributed by atoms with van der Waals surface area (Å²) >= 11 is 0. The number of amides is 4. The van der Waals surface area contributed by atoms with Gasteiger partial charge in [-0.15, -0.1) is 0 Å². The molecule has 0 saturated heterocycles. The quantitative estimate of drug-likeness (QED) is 0.128. The number of hydrogen-bond donors (Lipinski definition) is 0. The largest absolute Gasteiger partial charge is 0.268 e. The van der Waals surface area contributed by atoms with Crippen LogP contribution < -0.4 is 9.80 Å². The number of imide groups is 2. The maximum atomic E-state index is 15.9. The first kappa shape index (κ1) is 45.6. The lowest BCUT2D eigenvalue weighted by molar-refractivity contribution is 0.0912. The van der Waals surface area contributed by atoms with E-state index in [1.807, 2.05) is 243 Å². The Kier molecular flexibility index (Phi) is 11.4. The second-order valence-electron chi connectivity index (χ2n) is 18.8. The van der Waals surface area contributed by atoms with E-state index in [9.17, 15) is 0 Å². The number of nitrogens with zero attached hydrogens (tertiary/aromatic N) is 2. The second kappa shape index (κ2) is 19.0. The fourth-order valence-electron chi connectivity index (χ4n) is 11.4. The number of carbonyl (C=O) groups is 4. The Bertz CT molecular complexity index is 3570. The van der Waals surface area contributed by atoms with Crippen LogP contribution in [-0.4, -0.2) is 23.6 Å². The third-order valence-corrected chi connectivity index (χ3v) is 14.5. The van der Waals surface area contributed by atoms with Gasteiger partial charge in [0.05, 0.1) is 33.6 Å². The van der Waals surface area contributed by atoms with Gasteiger partial charge in [-0.2, -0.15) is 0 Å². The van der Waals surface area contributed by atoms with Crippen LogP contribution in [0.1, 0.15) is 41.4 Å². The normalized spacial score (nSPS) is 12.8. The summed E-state index contributed by atoms with van der Waals surface area (Å²) < 4.78 is 0. The van der Waals surface area contributed by atoms with Crippen LogP contribution in [0.15, 0.2) is 267 Å². The highest BCUT2D eigenvalue weighted by Crippen LogP contribution is 2.55. The molecule has 0 saturated carbocycles. The minimum atomic E-state index is -0.523. The predicted molar refractivity (Wildman–Crippen MR) is 305 cm³/mol. The first-order valence-corrected chi connectivity index (χ1v) is 25.3. The zero-order chi connectivity index (χ0) is 51.3. The van der Waals surface area contributed by atoms with E-state index in [4.69, 9.17) is 0 Å². The van der Waals surface area contributed by atoms with Crippen molar-refractivity contribution in [2.75, 3.05) is 9.80 Å². The van der Waals surface area contributed by atoms with Gasteiger partial charge in [0.2, 0.25) is 0 Å². The smallest absolute Gasteiger partial charge is 0.266 e. The molecule has 76 heavy (non-hydrogen) atoms. The molecule has 358 valence electrons. The molecule has 0 bridgehead atoms. The highest BCUT2D eigenvalue weighted by Gasteiger charge is 2.47. The molecule has 0 unspecified atom stereocenters. The summed E-state index contributed by atoms with van der Waals surface area (Å²) in [6, 6.07) is 85.7. The summed E-state index contributed by atoms with van der Waals surface area (Å²) in [5.41, 5.74) is 13.8. The molecule has 11 aromatic carbocycles. The number of carbonyl (C=O) groups excluding carboxylic acids is 4. The van der Waals surface area contributed by atoms with Gasteiger partial charge in [0.1, 0.15) is 0 Å². The molecular formula is C70H44N2O4. The topological polar surface area (TPSA) is 74.8 Å². The fourth-order valence-corrected chi connectivity index (χ4v) is 11.4. The van der Waals surface area contributed by atoms with Gasteiger partial charge in [0.25, 0.3) is 23.6 Å². The predicted octanol–water partition coefficient (Wildman–Crippen LogP) is 16.6. The summed E-state index contributed by atoms with van der Waals surface area (Å²) in [6.45, 7) is 0. The summed E-state index contributed by atoms with van der Waals surface area (Å²) in [6.07, 6.45) is 0. The molecule has 0 atom stereocenters. The highest BCUT2D eigenvalue weighted by molar-refractivity contribution is 6.41. The number of rotatable bonds is 10. The molecule has 2 aliphatic heterocycles. The minimum absolute atomic E-state index is 0.210. The Morgan fingerprint density at radius 2 is 0.329 bits per heavy atom. The van der Waals surface area contributed by atoms with E-state index in [1.165, 1.54) is 9.80 Å². The molecule has 6 nitrogen and oxygen atoms in total. The van der Waals surface area contributed by atoms with Crippen molar-refractivity contribution >= 4 is 35.0 Å². The van der Waals surface area contributed by atoms with Gasteiger partial charge in [-0.05, 0) is 85.0 Å². The van der Waals surface area contributed by atoms with Gasteiger partial charge in [-0.1, -0.05) is 249 Å². The van der Waals surface area contributed by atoms with Crippen molar-refractivity contribution in [3.8, 4) is 89.0 Å². The van der Waals surface area contributed by atoms with E-state index in [0.29, 0.717) is 22.3 Å². The van der Waals surface area contributed by atoms with Crippen LogP contribution in [0.5, 0.6) is 0 Å². The Morgan fingerprint density at radius 3 is 0.500 bits per heavy atom. The Labute approximate surface area is 440 Å². The molecule has 11 aromatic rings. The molecule has 0 spiro atoms. The third-order valence-electron chi connectivity index (χ3n) is 14.5. The lowest BCUT2D eigenvalue weighted by atomic mass is 9.78. The molecule has 0 fully saturated rings. The maximum Gasteiger partial charge on any atom is 0.266 e. The van der Waals surface area contributed by atoms with Crippen molar-refractivity contribution in [3.05, 3.63) is 289 Å². The zero-order valence-corrected chi connectivity index (χ0v) is 40.9. The monoisotopic (exact) mass is 976 g/mol. The molecule has 13 rings (SSSR count). The van der Waals surface area contributed by atoms with Crippen molar-refractivity contribution in [2.24, 2.45) is 0 Å². The summed E-state index contributed by atoms with van der Waals surface area (Å²) in [5.74, 6) is -2.09. The lowest BCUT2D eigenvalue weighted by Gasteiger charge is -2.23. The van der Waals surface area contributed by atoms with E-state index in [-0.39, 0.29) is 33.6 Å². The highest BCUT2D eigenvalue weighted by atomic mass is 16.2. The Morgan fingerprint density at radius 1 is 0.171 bits per heavy atom. The van der Waals surface area contributed by atoms with Crippen LogP contribution in [0.25, 0.3) is 89.0 Å². The van der Waals surface area contributed by atoms with Crippen LogP contribution in [0.3, 0.4) is 0 Å². The molecule has 0 aromatic heterocycles. The standard InChI is InChI=1S/C70H44N2O4/c73-67-63-59(49-34-17-5-18-35-49)55(45-26-9-1-10-27-45)56(46-28-11-2-12-29-46)60(50-36-19-6-20-37-50)64(63)68(74)71(67)53-42-25-43-54(44-53)72-69(75)65-61(51-38-21-7-22-39-51)57(47-30-13-3-14-31-47)58(48-32-15-4-16-33-48)62(66(65)70(72)76)52-40-23-8-24-41-52/h1-44H. The Balaban J connectivity index is 1.05. The summed E-state index contributed by atoms with van der Waals surface area (Å²) in [7, 11) is 0. The molecule has 4 amide bonds. The van der Waals surface area contributed by atoms with Gasteiger partial charge in [-0.25, -0.2) is 9.80 Å². The van der Waals surface area contributed by atoms with Crippen LogP contribution in [-0.2, 0) is 0 Å². The molecular weight excluding hydrogens is 933 g/mol. The zero-order valence-electron chi connectivity index (χ0n) is 40.9. The van der Waals surface area contributed by atoms with Crippen LogP contribution in [0.4, 0.5) is 11.4 Å². The van der Waals surface area contributed by atoms with E-state index in [2.05, 4.69) is 0 Å². The van der Waals surface area contributed by atoms with E-state index in [0.717, 1.165) is 66.8 Å². The maximum absolute atomic E-state index is 15.9. The molecule has 6 heteroatoms. The van der Waals surface area contributed by atoms with Crippen LogP contribution >= 0.6 is 0 Å². The van der Waals surface area contributed by atoms with Crippen molar-refractivity contribution in [2.45, 2.75) is 0 Å². The Hall–Kier alpha value is -10.3. The van der Waals surface area contributed by atoms with E-state index < -0.39 is 23.6 Å². The van der Waals surface area contributed by atoms with Crippen LogP contribution in [0.2, 0.25) is 0 Å². The number of hydrogen-bond acceptors (Lipinski definition) is 4. The minimum Gasteiger partial charge on any atom is -0.268 e. The third kappa shape index (κ3) is 7.42. The molecule has 0 radical (unpaired) electrons. The van der Waals surface area contributed by atoms with Crippen molar-refractivity contribution in [1.82, 2.24) is 0 Å². The number of anilines is 2. The van der Waals surface area contributed by atoms with Crippen molar-refractivity contribution < 1.29 is 19.2 Å². The SMILES string of the molecule is O=C1c2c(c(-c3ccccc3)c(-c3ccccc3)c(-c3ccccc3)c2-c2ccccc2)C(=O)N1c1cccc(N2C(=O)c3c(c(-c4ccccc4)c(-c4ccccc4)c(-c4ccccc4)c3-c3ccccc3)C2=O)c1. The summed E-state index contributed by atoms with van der Waals surface area (Å²) in [5, 5.41) is 0. The summed E-state index contributed by atoms with van der Waals surface area (Å²) in [4.78, 5) is 65.9. The van der Waals surface area contributed by atoms with Crippen LogP contribution in [0, 0.1) is 0 Å². The van der Waals surface area contributed by atoms with Crippen molar-refractivity contribution in [3.63, 3.8) is 0 Å². The van der Waals surface area contributed by atoms with E-state index >= 15 is 19.2 Å². The molecule has 0 N–H and O–H groups in total. The van der Waals surface area contributed by atoms with Gasteiger partial charge in [-0.3, -0.25) is 19.2 Å². The van der Waals surface area contributed by atoms with Gasteiger partial charge in [0, 0.05) is 22.3 Å². The average molecular weight is 977 g/mol. The molecule has 0 aliphatic carbocycles. The van der Waals surface area contributed by atoms with E-state index in [1.54, 1.807) is 24.3 Å². The molecule has 2 heterocycles. The first-order valence-electron chi connectivity index (χ1n) is 25.3. The average Bonchev–Trinajstić information content (AvgIpc) is 3.97. The van der Waals surface area contributed by atoms with Gasteiger partial charge in [0.15, 0.2) is 0 Å². The second-order valence-corrected chi connectivity index (χ2v) is 18.8. The lowest BCUT2D eigenvalue weighted by Crippen LogP contribution is -2.32. The first-order chi connectivity index (χ1) is 37.5. The van der Waals surface area contributed by atoms with Gasteiger partial charge >= 0.3 is 0 Å². The number of fused-ring (bicyclic) bond motifs is 2. The fraction of sp³-hybridized carbons (Fsp3) is 0. The molecule has 2 aliphatic rings. The van der Waals surface area contributed by atoms with Crippen molar-refractivity contribution in [1.29, 1.82) is 0 Å². The number of benzene rings is 11.